The first-order chi connectivity index (χ1) is 13.7. The van der Waals surface area contributed by atoms with Crippen molar-refractivity contribution in [3.63, 3.8) is 0 Å². The molecule has 4 nitrogen and oxygen atoms in total. The number of nitrogens with zero attached hydrogens (tertiary/aromatic N) is 1. The summed E-state index contributed by atoms with van der Waals surface area (Å²) in [5, 5.41) is 3.86. The largest absolute Gasteiger partial charge is 0.588 e. The number of nitrogens with one attached hydrogen (secondary N) is 1. The summed E-state index contributed by atoms with van der Waals surface area (Å²) in [6.45, 7) is 0.828. The molecular weight excluding hydrogens is 366 g/mol. The maximum absolute atomic E-state index is 13.0. The number of benzene rings is 2. The van der Waals surface area contributed by atoms with Crippen molar-refractivity contribution in [3.05, 3.63) is 59.7 Å². The molecule has 0 amide bonds. The maximum Gasteiger partial charge on any atom is 0.180 e. The fraction of sp³-hybridized carbons (Fsp3) is 0.478. The highest BCUT2D eigenvalue weighted by Gasteiger charge is 2.41. The Kier molecular flexibility index (Phi) is 5.09. The molecule has 3 unspecified atom stereocenters. The lowest BCUT2D eigenvalue weighted by Crippen LogP contribution is -2.38. The van der Waals surface area contributed by atoms with Crippen molar-refractivity contribution in [2.75, 3.05) is 10.8 Å². The van der Waals surface area contributed by atoms with Crippen LogP contribution in [-0.4, -0.2) is 29.2 Å². The third-order valence-corrected chi connectivity index (χ3v) is 8.00. The van der Waals surface area contributed by atoms with Crippen LogP contribution in [0, 0.1) is 0 Å². The molecule has 5 heteroatoms. The number of anilines is 1. The molecule has 2 aromatic carbocycles. The highest BCUT2D eigenvalue weighted by atomic mass is 32.2. The van der Waals surface area contributed by atoms with Gasteiger partial charge < -0.3 is 15.6 Å². The van der Waals surface area contributed by atoms with Crippen molar-refractivity contribution in [1.82, 2.24) is 5.32 Å². The molecule has 1 heterocycles. The summed E-state index contributed by atoms with van der Waals surface area (Å²) >= 11 is -1.13. The predicted octanol–water partition coefficient (Wildman–Crippen LogP) is 3.49. The third kappa shape index (κ3) is 3.69. The van der Waals surface area contributed by atoms with E-state index in [-0.39, 0.29) is 0 Å². The molecule has 3 atom stereocenters. The molecule has 0 spiro atoms. The van der Waals surface area contributed by atoms with Gasteiger partial charge in [-0.25, -0.2) is 0 Å². The fourth-order valence-corrected chi connectivity index (χ4v) is 6.05. The Morgan fingerprint density at radius 2 is 1.82 bits per heavy atom. The Hall–Kier alpha value is -1.53. The zero-order valence-electron chi connectivity index (χ0n) is 16.2. The minimum atomic E-state index is -1.13. The van der Waals surface area contributed by atoms with Crippen molar-refractivity contribution in [3.8, 4) is 0 Å². The van der Waals surface area contributed by atoms with E-state index in [4.69, 9.17) is 5.73 Å². The Balaban J connectivity index is 1.24. The Morgan fingerprint density at radius 1 is 1.04 bits per heavy atom. The van der Waals surface area contributed by atoms with E-state index < -0.39 is 11.4 Å². The second-order valence-electron chi connectivity index (χ2n) is 8.53. The van der Waals surface area contributed by atoms with Gasteiger partial charge in [0.1, 0.15) is 11.4 Å². The Labute approximate surface area is 170 Å². The van der Waals surface area contributed by atoms with Gasteiger partial charge in [0, 0.05) is 24.0 Å². The maximum atomic E-state index is 13.0. The van der Waals surface area contributed by atoms with E-state index in [1.54, 1.807) is 0 Å². The fourth-order valence-electron chi connectivity index (χ4n) is 4.79. The number of rotatable bonds is 5. The van der Waals surface area contributed by atoms with Crippen molar-refractivity contribution < 1.29 is 4.55 Å². The van der Waals surface area contributed by atoms with Gasteiger partial charge in [-0.3, -0.25) is 0 Å². The molecule has 28 heavy (non-hydrogen) atoms. The molecule has 3 N–H and O–H groups in total. The molecule has 0 bridgehead atoms. The van der Waals surface area contributed by atoms with E-state index in [2.05, 4.69) is 23.5 Å². The third-order valence-electron chi connectivity index (χ3n) is 6.54. The molecule has 2 fully saturated rings. The van der Waals surface area contributed by atoms with Gasteiger partial charge in [0.15, 0.2) is 4.90 Å². The van der Waals surface area contributed by atoms with Crippen LogP contribution in [-0.2, 0) is 17.8 Å². The minimum absolute atomic E-state index is 0.411. The van der Waals surface area contributed by atoms with Gasteiger partial charge in [-0.1, -0.05) is 30.3 Å². The van der Waals surface area contributed by atoms with Crippen LogP contribution in [0.15, 0.2) is 53.4 Å². The molecule has 2 saturated carbocycles. The highest BCUT2D eigenvalue weighted by molar-refractivity contribution is 7.92. The van der Waals surface area contributed by atoms with Crippen LogP contribution in [0.25, 0.3) is 0 Å². The average Bonchev–Trinajstić information content (AvgIpc) is 3.37. The van der Waals surface area contributed by atoms with E-state index >= 15 is 0 Å². The molecule has 1 aliphatic heterocycles. The van der Waals surface area contributed by atoms with Crippen LogP contribution in [0.4, 0.5) is 5.69 Å². The first-order valence-corrected chi connectivity index (χ1v) is 11.7. The molecule has 0 aromatic heterocycles. The van der Waals surface area contributed by atoms with E-state index in [0.29, 0.717) is 24.0 Å². The van der Waals surface area contributed by atoms with E-state index in [9.17, 15) is 4.55 Å². The van der Waals surface area contributed by atoms with Gasteiger partial charge in [-0.15, -0.1) is 0 Å². The average molecular weight is 396 g/mol. The van der Waals surface area contributed by atoms with Crippen molar-refractivity contribution in [2.24, 2.45) is 5.73 Å². The van der Waals surface area contributed by atoms with Gasteiger partial charge >= 0.3 is 0 Å². The van der Waals surface area contributed by atoms with Crippen molar-refractivity contribution in [2.45, 2.75) is 67.5 Å². The van der Waals surface area contributed by atoms with E-state index in [1.807, 2.05) is 34.6 Å². The molecule has 3 aliphatic rings. The molecule has 0 saturated heterocycles. The summed E-state index contributed by atoms with van der Waals surface area (Å²) in [4.78, 5) is 0.873. The second kappa shape index (κ2) is 7.71. The van der Waals surface area contributed by atoms with Crippen LogP contribution >= 0.6 is 0 Å². The smallest absolute Gasteiger partial charge is 0.180 e. The van der Waals surface area contributed by atoms with Crippen LogP contribution < -0.4 is 15.4 Å². The van der Waals surface area contributed by atoms with Gasteiger partial charge in [-0.2, -0.15) is 4.31 Å². The standard InChI is InChI=1S/C23H29N3OS/c24-18-7-9-19(10-8-18)25-22-15-21(22)16-6-11-23-17(14-16)12-13-26(23)28(27)20-4-2-1-3-5-20/h1-6,11,14,18-19,21-22,25H,7-10,12-13,15,24H2. The number of nitrogens with two attached hydrogens (primary N) is 1. The lowest BCUT2D eigenvalue weighted by atomic mass is 9.92. The van der Waals surface area contributed by atoms with Gasteiger partial charge in [0.2, 0.25) is 0 Å². The summed E-state index contributed by atoms with van der Waals surface area (Å²) in [5.74, 6) is 0.634. The van der Waals surface area contributed by atoms with Gasteiger partial charge in [0.25, 0.3) is 0 Å². The van der Waals surface area contributed by atoms with Gasteiger partial charge in [-0.05, 0) is 67.9 Å². The van der Waals surface area contributed by atoms with Crippen molar-refractivity contribution >= 4 is 17.0 Å². The summed E-state index contributed by atoms with van der Waals surface area (Å²) in [7, 11) is 0. The summed E-state index contributed by atoms with van der Waals surface area (Å²) < 4.78 is 15.0. The summed E-state index contributed by atoms with van der Waals surface area (Å²) in [5.41, 5.74) is 9.95. The molecule has 2 aliphatic carbocycles. The predicted molar refractivity (Wildman–Crippen MR) is 115 cm³/mol. The highest BCUT2D eigenvalue weighted by Crippen LogP contribution is 2.44. The number of hydrogen-bond acceptors (Lipinski definition) is 4. The lowest BCUT2D eigenvalue weighted by Gasteiger charge is -2.27. The van der Waals surface area contributed by atoms with Crippen molar-refractivity contribution in [1.29, 1.82) is 0 Å². The molecule has 0 radical (unpaired) electrons. The van der Waals surface area contributed by atoms with Gasteiger partial charge in [0.05, 0.1) is 12.2 Å². The lowest BCUT2D eigenvalue weighted by molar-refractivity contribution is 0.339. The summed E-state index contributed by atoms with van der Waals surface area (Å²) in [6, 6.07) is 18.2. The molecular formula is C23H29N3OS. The molecule has 148 valence electrons. The van der Waals surface area contributed by atoms with Crippen LogP contribution in [0.1, 0.15) is 49.1 Å². The SMILES string of the molecule is NC1CCC(NC2CC2c2ccc3c(c2)CCN3[S+]([O-])c2ccccc2)CC1. The topological polar surface area (TPSA) is 64.3 Å². The van der Waals surface area contributed by atoms with E-state index in [1.165, 1.54) is 30.4 Å². The quantitative estimate of drug-likeness (QED) is 0.761. The Morgan fingerprint density at radius 3 is 2.61 bits per heavy atom. The molecule has 5 rings (SSSR count). The first kappa shape index (κ1) is 18.5. The normalized spacial score (nSPS) is 30.1. The zero-order valence-corrected chi connectivity index (χ0v) is 17.0. The van der Waals surface area contributed by atoms with Crippen LogP contribution in [0.2, 0.25) is 0 Å². The first-order valence-electron chi connectivity index (χ1n) is 10.6. The second-order valence-corrected chi connectivity index (χ2v) is 9.94. The van der Waals surface area contributed by atoms with Crippen LogP contribution in [0.3, 0.4) is 0 Å². The number of hydrogen-bond donors (Lipinski definition) is 2. The van der Waals surface area contributed by atoms with E-state index in [0.717, 1.165) is 36.4 Å². The number of fused-ring (bicyclic) bond motifs is 1. The minimum Gasteiger partial charge on any atom is -0.588 e. The van der Waals surface area contributed by atoms with Crippen LogP contribution in [0.5, 0.6) is 0 Å². The monoisotopic (exact) mass is 395 g/mol. The Bertz CT molecular complexity index is 822. The summed E-state index contributed by atoms with van der Waals surface area (Å²) in [6.07, 6.45) is 6.96. The zero-order chi connectivity index (χ0) is 19.1. The molecule has 2 aromatic rings.